The third-order valence-electron chi connectivity index (χ3n) is 2.72. The van der Waals surface area contributed by atoms with E-state index >= 15 is 0 Å². The molecule has 3 nitrogen and oxygen atoms in total. The van der Waals surface area contributed by atoms with Crippen LogP contribution in [0.3, 0.4) is 0 Å². The summed E-state index contributed by atoms with van der Waals surface area (Å²) in [6.07, 6.45) is 1.60. The van der Waals surface area contributed by atoms with Gasteiger partial charge in [-0.3, -0.25) is 4.98 Å². The van der Waals surface area contributed by atoms with Crippen LogP contribution in [0.15, 0.2) is 36.5 Å². The number of nitrogen functional groups attached to an aromatic ring is 1. The van der Waals surface area contributed by atoms with E-state index in [4.69, 9.17) is 10.5 Å². The fraction of sp³-hybridized carbons (Fsp3) is 0.214. The molecule has 1 heterocycles. The van der Waals surface area contributed by atoms with Gasteiger partial charge in [-0.25, -0.2) is 4.39 Å². The number of nitrogens with two attached hydrogens (primary N) is 1. The van der Waals surface area contributed by atoms with E-state index in [0.717, 1.165) is 6.07 Å². The lowest BCUT2D eigenvalue weighted by molar-refractivity contribution is 0.0978. The lowest BCUT2D eigenvalue weighted by Crippen LogP contribution is -2.27. The minimum absolute atomic E-state index is 0.0444. The second kappa shape index (κ2) is 4.84. The van der Waals surface area contributed by atoms with Crippen LogP contribution in [0.1, 0.15) is 19.5 Å². The van der Waals surface area contributed by atoms with E-state index in [1.165, 1.54) is 6.07 Å². The van der Waals surface area contributed by atoms with Crippen molar-refractivity contribution >= 4 is 5.69 Å². The molecule has 0 saturated heterocycles. The van der Waals surface area contributed by atoms with Gasteiger partial charge in [-0.15, -0.1) is 0 Å². The van der Waals surface area contributed by atoms with E-state index in [-0.39, 0.29) is 11.4 Å². The smallest absolute Gasteiger partial charge is 0.202 e. The Morgan fingerprint density at radius 3 is 2.53 bits per heavy atom. The molecule has 2 N–H and O–H groups in total. The van der Waals surface area contributed by atoms with E-state index in [1.807, 2.05) is 0 Å². The number of aromatic nitrogens is 1. The molecule has 0 atom stereocenters. The monoisotopic (exact) mass is 264 g/mol. The first-order valence-corrected chi connectivity index (χ1v) is 5.76. The van der Waals surface area contributed by atoms with Crippen molar-refractivity contribution in [3.63, 3.8) is 0 Å². The molecule has 0 fully saturated rings. The highest BCUT2D eigenvalue weighted by Crippen LogP contribution is 2.33. The van der Waals surface area contributed by atoms with Crippen LogP contribution >= 0.6 is 0 Å². The quantitative estimate of drug-likeness (QED) is 0.866. The van der Waals surface area contributed by atoms with Gasteiger partial charge in [0.15, 0.2) is 11.6 Å². The largest absolute Gasteiger partial charge is 0.476 e. The minimum atomic E-state index is -1.09. The number of pyridine rings is 1. The van der Waals surface area contributed by atoms with Crippen LogP contribution in [0.5, 0.6) is 5.75 Å². The van der Waals surface area contributed by atoms with Crippen LogP contribution in [-0.2, 0) is 5.60 Å². The van der Waals surface area contributed by atoms with Gasteiger partial charge in [0.05, 0.1) is 11.4 Å². The normalized spacial score (nSPS) is 11.4. The molecule has 0 saturated carbocycles. The molecule has 0 aliphatic heterocycles. The average molecular weight is 264 g/mol. The maximum atomic E-state index is 13.7. The number of ether oxygens (including phenoxy) is 1. The van der Waals surface area contributed by atoms with Gasteiger partial charge in [-0.1, -0.05) is 6.07 Å². The zero-order chi connectivity index (χ0) is 14.0. The van der Waals surface area contributed by atoms with Gasteiger partial charge in [-0.05, 0) is 38.1 Å². The summed E-state index contributed by atoms with van der Waals surface area (Å²) in [6.45, 7) is 3.41. The van der Waals surface area contributed by atoms with Crippen LogP contribution in [0, 0.1) is 11.6 Å². The van der Waals surface area contributed by atoms with Gasteiger partial charge in [0.25, 0.3) is 0 Å². The fourth-order valence-electron chi connectivity index (χ4n) is 1.68. The highest BCUT2D eigenvalue weighted by atomic mass is 19.2. The van der Waals surface area contributed by atoms with Gasteiger partial charge in [-0.2, -0.15) is 4.39 Å². The Labute approximate surface area is 110 Å². The van der Waals surface area contributed by atoms with Gasteiger partial charge < -0.3 is 10.5 Å². The molecular weight excluding hydrogens is 250 g/mol. The van der Waals surface area contributed by atoms with E-state index in [0.29, 0.717) is 5.69 Å². The fourth-order valence-corrected chi connectivity index (χ4v) is 1.68. The van der Waals surface area contributed by atoms with Crippen LogP contribution < -0.4 is 10.5 Å². The SMILES string of the molecule is CC(C)(Oc1c(N)ccc(F)c1F)c1ccccn1. The highest BCUT2D eigenvalue weighted by Gasteiger charge is 2.27. The van der Waals surface area contributed by atoms with Gasteiger partial charge in [0.2, 0.25) is 5.82 Å². The summed E-state index contributed by atoms with van der Waals surface area (Å²) >= 11 is 0. The Bertz CT molecular complexity index is 585. The average Bonchev–Trinajstić information content (AvgIpc) is 2.40. The van der Waals surface area contributed by atoms with Crippen LogP contribution in [0.25, 0.3) is 0 Å². The van der Waals surface area contributed by atoms with E-state index in [2.05, 4.69) is 4.98 Å². The van der Waals surface area contributed by atoms with Crippen molar-refractivity contribution in [2.75, 3.05) is 5.73 Å². The molecule has 0 radical (unpaired) electrons. The molecule has 100 valence electrons. The van der Waals surface area contributed by atoms with E-state index < -0.39 is 17.2 Å². The minimum Gasteiger partial charge on any atom is -0.476 e. The lowest BCUT2D eigenvalue weighted by Gasteiger charge is -2.26. The molecule has 19 heavy (non-hydrogen) atoms. The predicted octanol–water partition coefficient (Wildman–Crippen LogP) is 3.26. The Kier molecular flexibility index (Phi) is 3.38. The number of halogens is 2. The maximum absolute atomic E-state index is 13.7. The summed E-state index contributed by atoms with van der Waals surface area (Å²) < 4.78 is 32.4. The van der Waals surface area contributed by atoms with Crippen molar-refractivity contribution in [1.29, 1.82) is 0 Å². The van der Waals surface area contributed by atoms with Crippen LogP contribution in [-0.4, -0.2) is 4.98 Å². The van der Waals surface area contributed by atoms with Crippen LogP contribution in [0.4, 0.5) is 14.5 Å². The predicted molar refractivity (Wildman–Crippen MR) is 68.7 cm³/mol. The Morgan fingerprint density at radius 2 is 1.89 bits per heavy atom. The Hall–Kier alpha value is -2.17. The van der Waals surface area contributed by atoms with E-state index in [9.17, 15) is 8.78 Å². The van der Waals surface area contributed by atoms with E-state index in [1.54, 1.807) is 38.2 Å². The molecular formula is C14H14F2N2O. The number of rotatable bonds is 3. The topological polar surface area (TPSA) is 48.1 Å². The second-order valence-corrected chi connectivity index (χ2v) is 4.61. The Morgan fingerprint density at radius 1 is 1.16 bits per heavy atom. The molecule has 0 unspecified atom stereocenters. The lowest BCUT2D eigenvalue weighted by atomic mass is 10.0. The molecule has 0 aliphatic rings. The second-order valence-electron chi connectivity index (χ2n) is 4.61. The molecule has 2 rings (SSSR count). The summed E-state index contributed by atoms with van der Waals surface area (Å²) in [4.78, 5) is 4.15. The molecule has 0 spiro atoms. The summed E-state index contributed by atoms with van der Waals surface area (Å²) in [5, 5.41) is 0. The first-order chi connectivity index (χ1) is 8.92. The molecule has 0 aliphatic carbocycles. The molecule has 2 aromatic rings. The third-order valence-corrected chi connectivity index (χ3v) is 2.72. The number of anilines is 1. The first-order valence-electron chi connectivity index (χ1n) is 5.76. The van der Waals surface area contributed by atoms with Crippen molar-refractivity contribution in [2.24, 2.45) is 0 Å². The summed E-state index contributed by atoms with van der Waals surface area (Å²) in [5.74, 6) is -2.39. The number of benzene rings is 1. The van der Waals surface area contributed by atoms with Crippen molar-refractivity contribution < 1.29 is 13.5 Å². The molecule has 5 heteroatoms. The molecule has 0 amide bonds. The standard InChI is InChI=1S/C14H14F2N2O/c1-14(2,11-5-3-4-8-18-11)19-13-10(17)7-6-9(15)12(13)16/h3-8H,17H2,1-2H3. The molecule has 1 aromatic heterocycles. The number of hydrogen-bond acceptors (Lipinski definition) is 3. The van der Waals surface area contributed by atoms with Crippen molar-refractivity contribution in [1.82, 2.24) is 4.98 Å². The van der Waals surface area contributed by atoms with Gasteiger partial charge in [0, 0.05) is 6.20 Å². The van der Waals surface area contributed by atoms with Gasteiger partial charge >= 0.3 is 0 Å². The summed E-state index contributed by atoms with van der Waals surface area (Å²) in [7, 11) is 0. The zero-order valence-corrected chi connectivity index (χ0v) is 10.7. The van der Waals surface area contributed by atoms with Crippen molar-refractivity contribution in [3.8, 4) is 5.75 Å². The highest BCUT2D eigenvalue weighted by molar-refractivity contribution is 5.53. The number of hydrogen-bond donors (Lipinski definition) is 1. The third kappa shape index (κ3) is 2.65. The summed E-state index contributed by atoms with van der Waals surface area (Å²) in [6, 6.07) is 7.52. The molecule has 0 bridgehead atoms. The first kappa shape index (κ1) is 13.3. The number of nitrogens with zero attached hydrogens (tertiary/aromatic N) is 1. The zero-order valence-electron chi connectivity index (χ0n) is 10.7. The van der Waals surface area contributed by atoms with Crippen molar-refractivity contribution in [3.05, 3.63) is 53.9 Å². The molecule has 1 aromatic carbocycles. The van der Waals surface area contributed by atoms with Gasteiger partial charge in [0.1, 0.15) is 5.60 Å². The summed E-state index contributed by atoms with van der Waals surface area (Å²) in [5.41, 5.74) is 5.34. The maximum Gasteiger partial charge on any atom is 0.202 e. The van der Waals surface area contributed by atoms with Crippen molar-refractivity contribution in [2.45, 2.75) is 19.4 Å². The van der Waals surface area contributed by atoms with Crippen LogP contribution in [0.2, 0.25) is 0 Å². The Balaban J connectivity index is 2.39.